The van der Waals surface area contributed by atoms with E-state index in [9.17, 15) is 0 Å². The van der Waals surface area contributed by atoms with Crippen molar-refractivity contribution in [2.24, 2.45) is 7.05 Å². The fraction of sp³-hybridized carbons (Fsp3) is 0.458. The van der Waals surface area contributed by atoms with E-state index in [0.29, 0.717) is 17.9 Å². The fourth-order valence-corrected chi connectivity index (χ4v) is 5.14. The molecule has 4 heterocycles. The van der Waals surface area contributed by atoms with Crippen LogP contribution in [0.2, 0.25) is 0 Å². The molecule has 2 fully saturated rings. The third kappa shape index (κ3) is 3.08. The number of hydrogen-bond acceptors (Lipinski definition) is 6. The summed E-state index contributed by atoms with van der Waals surface area (Å²) >= 11 is 0. The van der Waals surface area contributed by atoms with Crippen molar-refractivity contribution in [2.75, 3.05) is 11.4 Å². The number of benzene rings is 1. The van der Waals surface area contributed by atoms with Crippen LogP contribution < -0.4 is 4.90 Å². The first kappa shape index (κ1) is 19.4. The largest absolute Gasteiger partial charge is 0.338 e. The Morgan fingerprint density at radius 1 is 1.00 bits per heavy atom. The summed E-state index contributed by atoms with van der Waals surface area (Å²) in [5, 5.41) is 4.59. The zero-order valence-corrected chi connectivity index (χ0v) is 19.0. The van der Waals surface area contributed by atoms with Gasteiger partial charge in [0.25, 0.3) is 0 Å². The Balaban J connectivity index is 1.41. The van der Waals surface area contributed by atoms with E-state index in [1.165, 1.54) is 18.4 Å². The molecular formula is C24H28N8. The number of aryl methyl sites for hydroxylation is 3. The van der Waals surface area contributed by atoms with Crippen molar-refractivity contribution in [2.45, 2.75) is 57.9 Å². The van der Waals surface area contributed by atoms with E-state index >= 15 is 0 Å². The summed E-state index contributed by atoms with van der Waals surface area (Å²) in [5.74, 6) is 5.06. The fourth-order valence-electron chi connectivity index (χ4n) is 5.14. The molecular weight excluding hydrogens is 400 g/mol. The van der Waals surface area contributed by atoms with Gasteiger partial charge in [0.05, 0.1) is 16.7 Å². The van der Waals surface area contributed by atoms with Crippen LogP contribution in [0.3, 0.4) is 0 Å². The highest BCUT2D eigenvalue weighted by atomic mass is 15.4. The molecule has 3 atom stereocenters. The highest BCUT2D eigenvalue weighted by Crippen LogP contribution is 2.54. The molecule has 3 aromatic heterocycles. The SMILES string of the molecule is Cc1nc(C)n(-c2cc([C@@H]3C[C@H]3c3nc4ccccc4n3C)nc(N3CCC[C@H]3C)n2)n1. The molecule has 2 aliphatic rings. The number of anilines is 1. The summed E-state index contributed by atoms with van der Waals surface area (Å²) in [6.07, 6.45) is 3.41. The van der Waals surface area contributed by atoms with Crippen LogP contribution in [0.15, 0.2) is 30.3 Å². The summed E-state index contributed by atoms with van der Waals surface area (Å²) in [6, 6.07) is 10.9. The number of para-hydroxylation sites is 2. The molecule has 1 saturated heterocycles. The number of aromatic nitrogens is 7. The van der Waals surface area contributed by atoms with Crippen molar-refractivity contribution in [3.05, 3.63) is 53.5 Å². The first-order valence-electron chi connectivity index (χ1n) is 11.5. The maximum atomic E-state index is 5.07. The van der Waals surface area contributed by atoms with Crippen LogP contribution in [-0.4, -0.2) is 46.9 Å². The zero-order valence-electron chi connectivity index (χ0n) is 19.0. The van der Waals surface area contributed by atoms with E-state index in [2.05, 4.69) is 57.8 Å². The second kappa shape index (κ2) is 7.12. The highest BCUT2D eigenvalue weighted by Gasteiger charge is 2.44. The van der Waals surface area contributed by atoms with Crippen LogP contribution in [0.5, 0.6) is 0 Å². The Morgan fingerprint density at radius 2 is 1.84 bits per heavy atom. The minimum Gasteiger partial charge on any atom is -0.338 e. The summed E-state index contributed by atoms with van der Waals surface area (Å²) < 4.78 is 4.08. The highest BCUT2D eigenvalue weighted by molar-refractivity contribution is 5.76. The van der Waals surface area contributed by atoms with E-state index < -0.39 is 0 Å². The van der Waals surface area contributed by atoms with E-state index in [0.717, 1.165) is 53.4 Å². The van der Waals surface area contributed by atoms with Gasteiger partial charge in [-0.3, -0.25) is 0 Å². The van der Waals surface area contributed by atoms with Gasteiger partial charge in [0.2, 0.25) is 5.95 Å². The topological polar surface area (TPSA) is 77.5 Å². The van der Waals surface area contributed by atoms with Gasteiger partial charge < -0.3 is 9.47 Å². The standard InChI is InChI=1S/C24H28N8/c1-14-8-7-11-31(14)24-27-20(13-22(28-24)32-16(3)25-15(2)29-32)17-12-18(17)23-26-19-9-5-6-10-21(19)30(23)4/h5-6,9-10,13-14,17-18H,7-8,11-12H2,1-4H3/t14-,17-,18-/m1/s1. The minimum absolute atomic E-state index is 0.342. The van der Waals surface area contributed by atoms with E-state index in [4.69, 9.17) is 15.0 Å². The van der Waals surface area contributed by atoms with Gasteiger partial charge in [0, 0.05) is 37.5 Å². The van der Waals surface area contributed by atoms with Crippen molar-refractivity contribution >= 4 is 17.0 Å². The molecule has 1 aliphatic carbocycles. The lowest BCUT2D eigenvalue weighted by molar-refractivity contribution is 0.703. The van der Waals surface area contributed by atoms with Gasteiger partial charge in [-0.15, -0.1) is 5.10 Å². The third-order valence-corrected chi connectivity index (χ3v) is 6.95. The molecule has 1 aliphatic heterocycles. The third-order valence-electron chi connectivity index (χ3n) is 6.95. The predicted octanol–water partition coefficient (Wildman–Crippen LogP) is 3.82. The maximum Gasteiger partial charge on any atom is 0.227 e. The first-order valence-corrected chi connectivity index (χ1v) is 11.5. The average Bonchev–Trinajstić information content (AvgIpc) is 3.17. The van der Waals surface area contributed by atoms with Crippen LogP contribution in [-0.2, 0) is 7.05 Å². The molecule has 0 spiro atoms. The van der Waals surface area contributed by atoms with Gasteiger partial charge in [-0.05, 0) is 52.2 Å². The number of fused-ring (bicyclic) bond motifs is 1. The lowest BCUT2D eigenvalue weighted by atomic mass is 10.2. The monoisotopic (exact) mass is 428 g/mol. The molecule has 8 heteroatoms. The summed E-state index contributed by atoms with van der Waals surface area (Å²) in [4.78, 5) is 21.7. The Hall–Kier alpha value is -3.29. The molecule has 1 aromatic carbocycles. The molecule has 0 unspecified atom stereocenters. The van der Waals surface area contributed by atoms with Crippen LogP contribution in [0.25, 0.3) is 16.9 Å². The van der Waals surface area contributed by atoms with Crippen LogP contribution in [0, 0.1) is 13.8 Å². The van der Waals surface area contributed by atoms with E-state index in [1.807, 2.05) is 24.6 Å². The molecule has 1 saturated carbocycles. The molecule has 0 bridgehead atoms. The number of rotatable bonds is 4. The van der Waals surface area contributed by atoms with E-state index in [-0.39, 0.29) is 0 Å². The Kier molecular flexibility index (Phi) is 4.31. The minimum atomic E-state index is 0.342. The normalized spacial score (nSPS) is 22.8. The molecule has 0 radical (unpaired) electrons. The second-order valence-electron chi connectivity index (χ2n) is 9.22. The number of hydrogen-bond donors (Lipinski definition) is 0. The molecule has 32 heavy (non-hydrogen) atoms. The molecule has 164 valence electrons. The number of imidazole rings is 1. The zero-order chi connectivity index (χ0) is 22.0. The van der Waals surface area contributed by atoms with Gasteiger partial charge in [0.1, 0.15) is 17.5 Å². The quantitative estimate of drug-likeness (QED) is 0.492. The van der Waals surface area contributed by atoms with Crippen molar-refractivity contribution in [3.63, 3.8) is 0 Å². The van der Waals surface area contributed by atoms with Gasteiger partial charge in [-0.1, -0.05) is 12.1 Å². The van der Waals surface area contributed by atoms with Gasteiger partial charge in [0.15, 0.2) is 5.82 Å². The Morgan fingerprint density at radius 3 is 2.56 bits per heavy atom. The van der Waals surface area contributed by atoms with Crippen molar-refractivity contribution in [1.29, 1.82) is 0 Å². The number of nitrogens with zero attached hydrogens (tertiary/aromatic N) is 8. The van der Waals surface area contributed by atoms with Crippen LogP contribution >= 0.6 is 0 Å². The first-order chi connectivity index (χ1) is 15.5. The van der Waals surface area contributed by atoms with Gasteiger partial charge >= 0.3 is 0 Å². The van der Waals surface area contributed by atoms with Crippen LogP contribution in [0.1, 0.15) is 61.2 Å². The Bertz CT molecular complexity index is 1320. The van der Waals surface area contributed by atoms with E-state index in [1.54, 1.807) is 0 Å². The second-order valence-corrected chi connectivity index (χ2v) is 9.22. The van der Waals surface area contributed by atoms with Crippen molar-refractivity contribution in [1.82, 2.24) is 34.3 Å². The summed E-state index contributed by atoms with van der Waals surface area (Å²) in [6.45, 7) is 7.14. The van der Waals surface area contributed by atoms with Gasteiger partial charge in [-0.25, -0.2) is 15.0 Å². The molecule has 0 amide bonds. The molecule has 6 rings (SSSR count). The lowest BCUT2D eigenvalue weighted by Gasteiger charge is -2.22. The lowest BCUT2D eigenvalue weighted by Crippen LogP contribution is -2.29. The summed E-state index contributed by atoms with van der Waals surface area (Å²) in [7, 11) is 2.12. The molecule has 0 N–H and O–H groups in total. The summed E-state index contributed by atoms with van der Waals surface area (Å²) in [5.41, 5.74) is 3.31. The smallest absolute Gasteiger partial charge is 0.227 e. The van der Waals surface area contributed by atoms with Crippen LogP contribution in [0.4, 0.5) is 5.95 Å². The van der Waals surface area contributed by atoms with Crippen molar-refractivity contribution < 1.29 is 0 Å². The van der Waals surface area contributed by atoms with Crippen molar-refractivity contribution in [3.8, 4) is 5.82 Å². The maximum absolute atomic E-state index is 5.07. The molecule has 4 aromatic rings. The average molecular weight is 429 g/mol. The predicted molar refractivity (Wildman–Crippen MR) is 123 cm³/mol. The molecule has 8 nitrogen and oxygen atoms in total. The van der Waals surface area contributed by atoms with Gasteiger partial charge in [-0.2, -0.15) is 9.67 Å². The Labute approximate surface area is 187 Å².